The molecule has 0 amide bonds. The minimum atomic E-state index is -0.139. The molecular formula is C11H11F. The molecule has 0 atom stereocenters. The van der Waals surface area contributed by atoms with Gasteiger partial charge in [-0.05, 0) is 42.5 Å². The van der Waals surface area contributed by atoms with Crippen LogP contribution in [0, 0.1) is 5.82 Å². The normalized spacial score (nSPS) is 15.4. The summed E-state index contributed by atoms with van der Waals surface area (Å²) in [5.41, 5.74) is 2.32. The van der Waals surface area contributed by atoms with E-state index in [2.05, 4.69) is 6.08 Å². The molecule has 0 aromatic heterocycles. The molecule has 62 valence electrons. The molecule has 1 aromatic carbocycles. The van der Waals surface area contributed by atoms with Crippen molar-refractivity contribution in [2.24, 2.45) is 0 Å². The van der Waals surface area contributed by atoms with Crippen LogP contribution in [-0.2, 0) is 6.42 Å². The summed E-state index contributed by atoms with van der Waals surface area (Å²) in [4.78, 5) is 0. The van der Waals surface area contributed by atoms with Crippen LogP contribution >= 0.6 is 0 Å². The van der Waals surface area contributed by atoms with Crippen LogP contribution in [0.3, 0.4) is 0 Å². The van der Waals surface area contributed by atoms with Crippen LogP contribution in [-0.4, -0.2) is 0 Å². The number of hydrogen-bond donors (Lipinski definition) is 0. The van der Waals surface area contributed by atoms with Crippen LogP contribution in [0.2, 0.25) is 0 Å². The topological polar surface area (TPSA) is 0 Å². The molecule has 0 N–H and O–H groups in total. The first-order valence-electron chi connectivity index (χ1n) is 4.31. The lowest BCUT2D eigenvalue weighted by Crippen LogP contribution is -1.88. The third-order valence-corrected chi connectivity index (χ3v) is 2.22. The fourth-order valence-electron chi connectivity index (χ4n) is 1.57. The van der Waals surface area contributed by atoms with Gasteiger partial charge in [0.1, 0.15) is 5.82 Å². The number of allylic oxidation sites excluding steroid dienone is 1. The van der Waals surface area contributed by atoms with Gasteiger partial charge >= 0.3 is 0 Å². The van der Waals surface area contributed by atoms with Gasteiger partial charge in [0.15, 0.2) is 0 Å². The van der Waals surface area contributed by atoms with Crippen molar-refractivity contribution in [2.75, 3.05) is 0 Å². The van der Waals surface area contributed by atoms with Gasteiger partial charge in [0.25, 0.3) is 0 Å². The van der Waals surface area contributed by atoms with Gasteiger partial charge in [0, 0.05) is 0 Å². The van der Waals surface area contributed by atoms with Gasteiger partial charge in [-0.3, -0.25) is 0 Å². The zero-order valence-corrected chi connectivity index (χ0v) is 6.89. The summed E-state index contributed by atoms with van der Waals surface area (Å²) in [6.07, 6.45) is 7.49. The van der Waals surface area contributed by atoms with E-state index in [1.54, 1.807) is 6.07 Å². The highest BCUT2D eigenvalue weighted by Gasteiger charge is 2.03. The average molecular weight is 162 g/mol. The molecule has 1 aliphatic carbocycles. The van der Waals surface area contributed by atoms with Crippen molar-refractivity contribution in [1.82, 2.24) is 0 Å². The summed E-state index contributed by atoms with van der Waals surface area (Å²) in [7, 11) is 0. The summed E-state index contributed by atoms with van der Waals surface area (Å²) >= 11 is 0. The smallest absolute Gasteiger partial charge is 0.123 e. The Balaban J connectivity index is 2.47. The highest BCUT2D eigenvalue weighted by Crippen LogP contribution is 2.19. The van der Waals surface area contributed by atoms with Crippen LogP contribution in [0.1, 0.15) is 24.0 Å². The number of fused-ring (bicyclic) bond motifs is 1. The standard InChI is InChI=1S/C11H11F/c12-11-7-6-9-4-2-1-3-5-10(9)8-11/h3,5-8H,1-2,4H2. The number of halogens is 1. The highest BCUT2D eigenvalue weighted by molar-refractivity contribution is 5.54. The Labute approximate surface area is 71.7 Å². The summed E-state index contributed by atoms with van der Waals surface area (Å²) in [6, 6.07) is 5.04. The van der Waals surface area contributed by atoms with Crippen LogP contribution in [0.4, 0.5) is 4.39 Å². The van der Waals surface area contributed by atoms with Crippen molar-refractivity contribution >= 4 is 6.08 Å². The molecule has 0 saturated carbocycles. The molecule has 1 aromatic rings. The van der Waals surface area contributed by atoms with Crippen LogP contribution in [0.5, 0.6) is 0 Å². The largest absolute Gasteiger partial charge is 0.207 e. The van der Waals surface area contributed by atoms with Crippen molar-refractivity contribution < 1.29 is 4.39 Å². The van der Waals surface area contributed by atoms with E-state index >= 15 is 0 Å². The molecule has 12 heavy (non-hydrogen) atoms. The number of benzene rings is 1. The van der Waals surface area contributed by atoms with Crippen molar-refractivity contribution in [1.29, 1.82) is 0 Å². The van der Waals surface area contributed by atoms with E-state index in [1.165, 1.54) is 18.1 Å². The predicted molar refractivity (Wildman–Crippen MR) is 48.4 cm³/mol. The van der Waals surface area contributed by atoms with E-state index in [0.29, 0.717) is 0 Å². The zero-order chi connectivity index (χ0) is 8.39. The summed E-state index contributed by atoms with van der Waals surface area (Å²) < 4.78 is 12.8. The van der Waals surface area contributed by atoms with Crippen LogP contribution < -0.4 is 0 Å². The lowest BCUT2D eigenvalue weighted by Gasteiger charge is -2.01. The lowest BCUT2D eigenvalue weighted by molar-refractivity contribution is 0.626. The van der Waals surface area contributed by atoms with E-state index in [1.807, 2.05) is 12.1 Å². The van der Waals surface area contributed by atoms with Crippen LogP contribution in [0.15, 0.2) is 24.3 Å². The Morgan fingerprint density at radius 3 is 3.08 bits per heavy atom. The molecule has 0 unspecified atom stereocenters. The Morgan fingerprint density at radius 2 is 2.17 bits per heavy atom. The Hall–Kier alpha value is -1.11. The maximum atomic E-state index is 12.8. The third kappa shape index (κ3) is 1.40. The van der Waals surface area contributed by atoms with Crippen molar-refractivity contribution in [3.8, 4) is 0 Å². The lowest BCUT2D eigenvalue weighted by atomic mass is 10.0. The van der Waals surface area contributed by atoms with Gasteiger partial charge in [0.05, 0.1) is 0 Å². The molecule has 1 heteroatoms. The second-order valence-electron chi connectivity index (χ2n) is 3.14. The third-order valence-electron chi connectivity index (χ3n) is 2.22. The molecule has 0 fully saturated rings. The molecule has 0 spiro atoms. The van der Waals surface area contributed by atoms with Gasteiger partial charge < -0.3 is 0 Å². The maximum Gasteiger partial charge on any atom is 0.123 e. The molecule has 0 radical (unpaired) electrons. The molecule has 1 aliphatic rings. The van der Waals surface area contributed by atoms with Gasteiger partial charge in [0.2, 0.25) is 0 Å². The molecule has 0 heterocycles. The SMILES string of the molecule is Fc1ccc2c(c1)C=CCCC2. The first-order chi connectivity index (χ1) is 5.86. The first-order valence-corrected chi connectivity index (χ1v) is 4.31. The quantitative estimate of drug-likeness (QED) is 0.549. The van der Waals surface area contributed by atoms with Crippen LogP contribution in [0.25, 0.3) is 6.08 Å². The van der Waals surface area contributed by atoms with E-state index in [-0.39, 0.29) is 5.82 Å². The van der Waals surface area contributed by atoms with Gasteiger partial charge in [-0.25, -0.2) is 4.39 Å². The molecule has 0 bridgehead atoms. The minimum absolute atomic E-state index is 0.139. The molecule has 2 rings (SSSR count). The minimum Gasteiger partial charge on any atom is -0.207 e. The maximum absolute atomic E-state index is 12.8. The van der Waals surface area contributed by atoms with Gasteiger partial charge in [-0.2, -0.15) is 0 Å². The first kappa shape index (κ1) is 7.53. The second-order valence-corrected chi connectivity index (χ2v) is 3.14. The monoisotopic (exact) mass is 162 g/mol. The van der Waals surface area contributed by atoms with E-state index in [0.717, 1.165) is 18.4 Å². The number of rotatable bonds is 0. The Morgan fingerprint density at radius 1 is 1.25 bits per heavy atom. The van der Waals surface area contributed by atoms with Crippen molar-refractivity contribution in [3.63, 3.8) is 0 Å². The van der Waals surface area contributed by atoms with E-state index in [9.17, 15) is 4.39 Å². The van der Waals surface area contributed by atoms with E-state index in [4.69, 9.17) is 0 Å². The fraction of sp³-hybridized carbons (Fsp3) is 0.273. The second kappa shape index (κ2) is 3.10. The highest BCUT2D eigenvalue weighted by atomic mass is 19.1. The van der Waals surface area contributed by atoms with E-state index < -0.39 is 0 Å². The van der Waals surface area contributed by atoms with Gasteiger partial charge in [-0.15, -0.1) is 0 Å². The Bertz CT molecular complexity index is 313. The van der Waals surface area contributed by atoms with Crippen molar-refractivity contribution in [3.05, 3.63) is 41.2 Å². The summed E-state index contributed by atoms with van der Waals surface area (Å²) in [5, 5.41) is 0. The number of hydrogen-bond acceptors (Lipinski definition) is 0. The average Bonchev–Trinajstić information content (AvgIpc) is 2.28. The molecular weight excluding hydrogens is 151 g/mol. The van der Waals surface area contributed by atoms with Gasteiger partial charge in [-0.1, -0.05) is 18.2 Å². The Kier molecular flexibility index (Phi) is 1.94. The zero-order valence-electron chi connectivity index (χ0n) is 6.89. The fourth-order valence-corrected chi connectivity index (χ4v) is 1.57. The molecule has 0 nitrogen and oxygen atoms in total. The van der Waals surface area contributed by atoms with Crippen molar-refractivity contribution in [2.45, 2.75) is 19.3 Å². The molecule has 0 saturated heterocycles. The molecule has 0 aliphatic heterocycles. The summed E-state index contributed by atoms with van der Waals surface area (Å²) in [6.45, 7) is 0. The number of aryl methyl sites for hydroxylation is 1. The summed E-state index contributed by atoms with van der Waals surface area (Å²) in [5.74, 6) is -0.139. The predicted octanol–water partition coefficient (Wildman–Crippen LogP) is 3.18.